The second-order valence-corrected chi connectivity index (χ2v) is 3.89. The Morgan fingerprint density at radius 3 is 2.88 bits per heavy atom. The highest BCUT2D eigenvalue weighted by atomic mass is 16.5. The number of rotatable bonds is 4. The zero-order chi connectivity index (χ0) is 12.4. The number of hydrogen-bond donors (Lipinski definition) is 0. The van der Waals surface area contributed by atoms with Crippen LogP contribution in [-0.4, -0.2) is 25.5 Å². The van der Waals surface area contributed by atoms with E-state index in [1.54, 1.807) is 17.0 Å². The van der Waals surface area contributed by atoms with E-state index in [0.717, 1.165) is 0 Å². The van der Waals surface area contributed by atoms with Crippen molar-refractivity contribution in [3.63, 3.8) is 0 Å². The van der Waals surface area contributed by atoms with E-state index in [2.05, 4.69) is 15.1 Å². The molecule has 6 heteroatoms. The normalized spacial score (nSPS) is 12.6. The lowest BCUT2D eigenvalue weighted by molar-refractivity contribution is -0.119. The highest BCUT2D eigenvalue weighted by Gasteiger charge is 2.22. The summed E-state index contributed by atoms with van der Waals surface area (Å²) in [5.41, 5.74) is 0. The van der Waals surface area contributed by atoms with Gasteiger partial charge in [-0.05, 0) is 13.3 Å². The molecule has 0 fully saturated rings. The van der Waals surface area contributed by atoms with Crippen LogP contribution in [0, 0.1) is 0 Å². The highest BCUT2D eigenvalue weighted by Crippen LogP contribution is 2.21. The number of imidazole rings is 1. The van der Waals surface area contributed by atoms with Crippen molar-refractivity contribution in [1.82, 2.24) is 19.7 Å². The second kappa shape index (κ2) is 4.48. The molecule has 2 aromatic heterocycles. The predicted molar refractivity (Wildman–Crippen MR) is 60.2 cm³/mol. The molecule has 90 valence electrons. The molecule has 1 atom stereocenters. The van der Waals surface area contributed by atoms with E-state index in [9.17, 15) is 4.79 Å². The fraction of sp³-hybridized carbons (Fsp3) is 0.455. The molecule has 0 N–H and O–H groups in total. The Morgan fingerprint density at radius 2 is 2.35 bits per heavy atom. The number of ketones is 1. The molecule has 0 aliphatic heterocycles. The van der Waals surface area contributed by atoms with Gasteiger partial charge in [-0.15, -0.1) is 0 Å². The highest BCUT2D eigenvalue weighted by molar-refractivity contribution is 5.82. The van der Waals surface area contributed by atoms with Gasteiger partial charge < -0.3 is 9.09 Å². The van der Waals surface area contributed by atoms with E-state index in [4.69, 9.17) is 4.52 Å². The second-order valence-electron chi connectivity index (χ2n) is 3.89. The molecule has 0 bridgehead atoms. The zero-order valence-corrected chi connectivity index (χ0v) is 10.0. The average molecular weight is 234 g/mol. The summed E-state index contributed by atoms with van der Waals surface area (Å²) < 4.78 is 6.92. The van der Waals surface area contributed by atoms with Crippen molar-refractivity contribution in [2.75, 3.05) is 0 Å². The molecule has 0 aromatic carbocycles. The lowest BCUT2D eigenvalue weighted by Gasteiger charge is -2.03. The van der Waals surface area contributed by atoms with Crippen molar-refractivity contribution in [3.8, 4) is 11.6 Å². The Labute approximate surface area is 98.7 Å². The lowest BCUT2D eigenvalue weighted by atomic mass is 10.0. The molecule has 0 saturated heterocycles. The third-order valence-electron chi connectivity index (χ3n) is 2.66. The monoisotopic (exact) mass is 234 g/mol. The number of carbonyl (C=O) groups is 1. The van der Waals surface area contributed by atoms with E-state index in [1.807, 2.05) is 14.0 Å². The summed E-state index contributed by atoms with van der Waals surface area (Å²) in [7, 11) is 1.85. The minimum atomic E-state index is -0.323. The maximum atomic E-state index is 11.4. The van der Waals surface area contributed by atoms with Crippen molar-refractivity contribution in [1.29, 1.82) is 0 Å². The Bertz CT molecular complexity index is 529. The number of aryl methyl sites for hydroxylation is 1. The third kappa shape index (κ3) is 2.11. The number of Topliss-reactive ketones (excluding diaryl/α,β-unsaturated/α-hetero) is 1. The SMILES string of the molecule is CCC(C(C)=O)c1nc(-c2nccn2C)no1. The van der Waals surface area contributed by atoms with Crippen LogP contribution in [0.1, 0.15) is 32.1 Å². The van der Waals surface area contributed by atoms with Gasteiger partial charge >= 0.3 is 0 Å². The molecular formula is C11H14N4O2. The quantitative estimate of drug-likeness (QED) is 0.802. The summed E-state index contributed by atoms with van der Waals surface area (Å²) in [5, 5.41) is 3.85. The summed E-state index contributed by atoms with van der Waals surface area (Å²) in [6.45, 7) is 3.44. The average Bonchev–Trinajstić information content (AvgIpc) is 2.87. The fourth-order valence-electron chi connectivity index (χ4n) is 1.68. The molecule has 2 heterocycles. The minimum absolute atomic E-state index is 0.0301. The minimum Gasteiger partial charge on any atom is -0.338 e. The first kappa shape index (κ1) is 11.5. The summed E-state index contributed by atoms with van der Waals surface area (Å²) in [6, 6.07) is 0. The Kier molecular flexibility index (Phi) is 3.03. The van der Waals surface area contributed by atoms with Crippen molar-refractivity contribution in [2.24, 2.45) is 7.05 Å². The Morgan fingerprint density at radius 1 is 1.59 bits per heavy atom. The fourth-order valence-corrected chi connectivity index (χ4v) is 1.68. The molecule has 0 spiro atoms. The molecule has 0 aliphatic rings. The summed E-state index contributed by atoms with van der Waals surface area (Å²) in [5.74, 6) is 1.10. The first-order valence-electron chi connectivity index (χ1n) is 5.45. The van der Waals surface area contributed by atoms with Crippen LogP contribution < -0.4 is 0 Å². The van der Waals surface area contributed by atoms with E-state index < -0.39 is 0 Å². The van der Waals surface area contributed by atoms with Crippen LogP contribution in [0.4, 0.5) is 0 Å². The zero-order valence-electron chi connectivity index (χ0n) is 10.0. The topological polar surface area (TPSA) is 73.8 Å². The van der Waals surface area contributed by atoms with E-state index in [1.165, 1.54) is 6.92 Å². The molecule has 2 rings (SSSR count). The summed E-state index contributed by atoms with van der Waals surface area (Å²) in [4.78, 5) is 19.7. The van der Waals surface area contributed by atoms with Crippen LogP contribution >= 0.6 is 0 Å². The molecule has 2 aromatic rings. The maximum Gasteiger partial charge on any atom is 0.238 e. The van der Waals surface area contributed by atoms with Crippen molar-refractivity contribution in [2.45, 2.75) is 26.2 Å². The Hall–Kier alpha value is -1.98. The van der Waals surface area contributed by atoms with Crippen LogP contribution in [0.2, 0.25) is 0 Å². The van der Waals surface area contributed by atoms with Gasteiger partial charge in [-0.2, -0.15) is 4.98 Å². The molecule has 0 aliphatic carbocycles. The molecule has 0 radical (unpaired) electrons. The van der Waals surface area contributed by atoms with Gasteiger partial charge in [0.15, 0.2) is 5.82 Å². The van der Waals surface area contributed by atoms with Crippen molar-refractivity contribution >= 4 is 5.78 Å². The number of aromatic nitrogens is 4. The standard InChI is InChI=1S/C11H14N4O2/c1-4-8(7(2)16)11-13-9(14-17-11)10-12-5-6-15(10)3/h5-6,8H,4H2,1-3H3. The first-order chi connectivity index (χ1) is 8.13. The van der Waals surface area contributed by atoms with Gasteiger partial charge in [0.05, 0.1) is 5.92 Å². The molecule has 1 unspecified atom stereocenters. The van der Waals surface area contributed by atoms with Gasteiger partial charge in [-0.1, -0.05) is 12.1 Å². The first-order valence-corrected chi connectivity index (χ1v) is 5.45. The molecule has 0 saturated carbocycles. The molecule has 0 amide bonds. The molecule has 17 heavy (non-hydrogen) atoms. The Balaban J connectivity index is 2.33. The van der Waals surface area contributed by atoms with E-state index in [-0.39, 0.29) is 11.7 Å². The van der Waals surface area contributed by atoms with Gasteiger partial charge in [0, 0.05) is 19.4 Å². The van der Waals surface area contributed by atoms with E-state index >= 15 is 0 Å². The maximum absolute atomic E-state index is 11.4. The van der Waals surface area contributed by atoms with E-state index in [0.29, 0.717) is 24.0 Å². The molecule has 6 nitrogen and oxygen atoms in total. The largest absolute Gasteiger partial charge is 0.338 e. The van der Waals surface area contributed by atoms with Crippen molar-refractivity contribution in [3.05, 3.63) is 18.3 Å². The summed E-state index contributed by atoms with van der Waals surface area (Å²) >= 11 is 0. The van der Waals surface area contributed by atoms with Gasteiger partial charge in [0.2, 0.25) is 11.7 Å². The lowest BCUT2D eigenvalue weighted by Crippen LogP contribution is -2.07. The van der Waals surface area contributed by atoms with Crippen LogP contribution in [0.5, 0.6) is 0 Å². The van der Waals surface area contributed by atoms with Crippen LogP contribution in [0.25, 0.3) is 11.6 Å². The predicted octanol–water partition coefficient (Wildman–Crippen LogP) is 1.55. The van der Waals surface area contributed by atoms with Gasteiger partial charge in [0.1, 0.15) is 5.78 Å². The number of nitrogens with zero attached hydrogens (tertiary/aromatic N) is 4. The van der Waals surface area contributed by atoms with Crippen LogP contribution in [0.15, 0.2) is 16.9 Å². The van der Waals surface area contributed by atoms with Gasteiger partial charge in [-0.25, -0.2) is 4.98 Å². The van der Waals surface area contributed by atoms with Gasteiger partial charge in [0.25, 0.3) is 0 Å². The molecular weight excluding hydrogens is 220 g/mol. The third-order valence-corrected chi connectivity index (χ3v) is 2.66. The van der Waals surface area contributed by atoms with Crippen LogP contribution in [0.3, 0.4) is 0 Å². The van der Waals surface area contributed by atoms with Gasteiger partial charge in [-0.3, -0.25) is 4.79 Å². The van der Waals surface area contributed by atoms with Crippen molar-refractivity contribution < 1.29 is 9.32 Å². The number of hydrogen-bond acceptors (Lipinski definition) is 5. The summed E-state index contributed by atoms with van der Waals surface area (Å²) in [6.07, 6.45) is 4.11. The number of carbonyl (C=O) groups excluding carboxylic acids is 1. The van der Waals surface area contributed by atoms with Crippen LogP contribution in [-0.2, 0) is 11.8 Å². The smallest absolute Gasteiger partial charge is 0.238 e.